The van der Waals surface area contributed by atoms with Crippen molar-refractivity contribution in [3.8, 4) is 5.75 Å². The van der Waals surface area contributed by atoms with Crippen LogP contribution in [0, 0.1) is 20.8 Å². The molecule has 0 aliphatic rings. The largest absolute Gasteiger partial charge is 0.484 e. The summed E-state index contributed by atoms with van der Waals surface area (Å²) >= 11 is 0. The zero-order chi connectivity index (χ0) is 15.4. The molecule has 0 saturated heterocycles. The Labute approximate surface area is 127 Å². The summed E-state index contributed by atoms with van der Waals surface area (Å²) in [5, 5.41) is 0. The van der Waals surface area contributed by atoms with Gasteiger partial charge in [0.25, 0.3) is 0 Å². The molecule has 0 spiro atoms. The summed E-state index contributed by atoms with van der Waals surface area (Å²) in [6, 6.07) is 14.7. The summed E-state index contributed by atoms with van der Waals surface area (Å²) in [6.07, 6.45) is 0.764. The van der Waals surface area contributed by atoms with Crippen molar-refractivity contribution < 1.29 is 4.74 Å². The highest BCUT2D eigenvalue weighted by Crippen LogP contribution is 2.27. The Balaban J connectivity index is 2.32. The lowest BCUT2D eigenvalue weighted by Crippen LogP contribution is -2.31. The molecule has 2 heteroatoms. The highest BCUT2D eigenvalue weighted by atomic mass is 16.5. The quantitative estimate of drug-likeness (QED) is 0.878. The maximum atomic E-state index is 6.30. The molecule has 2 nitrogen and oxygen atoms in total. The second kappa shape index (κ2) is 6.77. The van der Waals surface area contributed by atoms with E-state index in [9.17, 15) is 0 Å². The standard InChI is InChI=1S/C19H25NO/c1-5-18(20)19(16-8-6-7-13(2)10-16)21-17-11-14(3)9-15(4)12-17/h6-12,18-19H,5,20H2,1-4H3. The van der Waals surface area contributed by atoms with E-state index in [1.807, 2.05) is 0 Å². The van der Waals surface area contributed by atoms with E-state index in [1.165, 1.54) is 16.7 Å². The van der Waals surface area contributed by atoms with Crippen molar-refractivity contribution in [1.29, 1.82) is 0 Å². The third-order valence-corrected chi connectivity index (χ3v) is 3.69. The monoisotopic (exact) mass is 283 g/mol. The predicted molar refractivity (Wildman–Crippen MR) is 88.7 cm³/mol. The Morgan fingerprint density at radius 3 is 2.19 bits per heavy atom. The van der Waals surface area contributed by atoms with Crippen molar-refractivity contribution in [3.05, 3.63) is 64.7 Å². The number of aryl methyl sites for hydroxylation is 3. The fourth-order valence-corrected chi connectivity index (χ4v) is 2.61. The van der Waals surface area contributed by atoms with Crippen LogP contribution in [-0.4, -0.2) is 6.04 Å². The maximum Gasteiger partial charge on any atom is 0.139 e. The Morgan fingerprint density at radius 2 is 1.62 bits per heavy atom. The minimum Gasteiger partial charge on any atom is -0.484 e. The van der Waals surface area contributed by atoms with Crippen LogP contribution in [0.25, 0.3) is 0 Å². The normalized spacial score (nSPS) is 13.8. The van der Waals surface area contributed by atoms with Crippen molar-refractivity contribution in [2.75, 3.05) is 0 Å². The molecule has 2 aromatic rings. The molecule has 0 saturated carbocycles. The first kappa shape index (κ1) is 15.6. The molecule has 0 aliphatic carbocycles. The minimum atomic E-state index is -0.115. The Kier molecular flexibility index (Phi) is 5.03. The summed E-state index contributed by atoms with van der Waals surface area (Å²) in [5.74, 6) is 0.892. The van der Waals surface area contributed by atoms with Gasteiger partial charge in [-0.1, -0.05) is 42.8 Å². The average molecular weight is 283 g/mol. The smallest absolute Gasteiger partial charge is 0.139 e. The van der Waals surface area contributed by atoms with E-state index in [2.05, 4.69) is 70.2 Å². The molecular formula is C19H25NO. The Bertz CT molecular complexity index is 586. The lowest BCUT2D eigenvalue weighted by atomic mass is 9.99. The zero-order valence-corrected chi connectivity index (χ0v) is 13.4. The second-order valence-electron chi connectivity index (χ2n) is 5.85. The molecule has 0 bridgehead atoms. The van der Waals surface area contributed by atoms with E-state index in [4.69, 9.17) is 10.5 Å². The molecule has 2 atom stereocenters. The Morgan fingerprint density at radius 1 is 0.952 bits per heavy atom. The Hall–Kier alpha value is -1.80. The van der Waals surface area contributed by atoms with Crippen LogP contribution in [0.15, 0.2) is 42.5 Å². The van der Waals surface area contributed by atoms with Crippen LogP contribution in [0.5, 0.6) is 5.75 Å². The maximum absolute atomic E-state index is 6.30. The summed E-state index contributed by atoms with van der Waals surface area (Å²) in [5.41, 5.74) is 11.1. The van der Waals surface area contributed by atoms with Crippen molar-refractivity contribution in [2.24, 2.45) is 5.73 Å². The van der Waals surface area contributed by atoms with Gasteiger partial charge in [-0.2, -0.15) is 0 Å². The first-order valence-electron chi connectivity index (χ1n) is 7.56. The SMILES string of the molecule is CCC(N)C(Oc1cc(C)cc(C)c1)c1cccc(C)c1. The molecule has 0 radical (unpaired) electrons. The van der Waals surface area contributed by atoms with Crippen molar-refractivity contribution in [3.63, 3.8) is 0 Å². The highest BCUT2D eigenvalue weighted by Gasteiger charge is 2.20. The zero-order valence-electron chi connectivity index (χ0n) is 13.4. The summed E-state index contributed by atoms with van der Waals surface area (Å²) < 4.78 is 6.24. The molecule has 2 rings (SSSR count). The molecule has 112 valence electrons. The van der Waals surface area contributed by atoms with Gasteiger partial charge in [0.1, 0.15) is 11.9 Å². The van der Waals surface area contributed by atoms with E-state index in [0.717, 1.165) is 17.7 Å². The molecule has 2 N–H and O–H groups in total. The average Bonchev–Trinajstić information content (AvgIpc) is 2.43. The van der Waals surface area contributed by atoms with Gasteiger partial charge < -0.3 is 10.5 Å². The molecular weight excluding hydrogens is 258 g/mol. The van der Waals surface area contributed by atoms with Gasteiger partial charge in [0, 0.05) is 6.04 Å². The van der Waals surface area contributed by atoms with Gasteiger partial charge in [0.05, 0.1) is 0 Å². The molecule has 0 aromatic heterocycles. The van der Waals surface area contributed by atoms with Gasteiger partial charge in [-0.3, -0.25) is 0 Å². The third kappa shape index (κ3) is 4.08. The fourth-order valence-electron chi connectivity index (χ4n) is 2.61. The van der Waals surface area contributed by atoms with Crippen molar-refractivity contribution >= 4 is 0 Å². The van der Waals surface area contributed by atoms with Gasteiger partial charge in [0.15, 0.2) is 0 Å². The molecule has 0 fully saturated rings. The van der Waals surface area contributed by atoms with Gasteiger partial charge in [-0.25, -0.2) is 0 Å². The van der Waals surface area contributed by atoms with Gasteiger partial charge >= 0.3 is 0 Å². The number of rotatable bonds is 5. The molecule has 2 aromatic carbocycles. The van der Waals surface area contributed by atoms with E-state index < -0.39 is 0 Å². The first-order chi connectivity index (χ1) is 9.99. The van der Waals surface area contributed by atoms with Crippen molar-refractivity contribution in [2.45, 2.75) is 46.3 Å². The van der Waals surface area contributed by atoms with Gasteiger partial charge in [-0.05, 0) is 56.0 Å². The summed E-state index contributed by atoms with van der Waals surface area (Å²) in [7, 11) is 0. The number of hydrogen-bond donors (Lipinski definition) is 1. The molecule has 21 heavy (non-hydrogen) atoms. The lowest BCUT2D eigenvalue weighted by Gasteiger charge is -2.25. The summed E-state index contributed by atoms with van der Waals surface area (Å²) in [6.45, 7) is 8.36. The van der Waals surface area contributed by atoms with E-state index in [1.54, 1.807) is 0 Å². The van der Waals surface area contributed by atoms with Crippen LogP contribution >= 0.6 is 0 Å². The second-order valence-corrected chi connectivity index (χ2v) is 5.85. The van der Waals surface area contributed by atoms with Crippen LogP contribution < -0.4 is 10.5 Å². The van der Waals surface area contributed by atoms with Gasteiger partial charge in [0.2, 0.25) is 0 Å². The minimum absolute atomic E-state index is 0.0207. The van der Waals surface area contributed by atoms with Crippen LogP contribution in [0.4, 0.5) is 0 Å². The molecule has 0 aliphatic heterocycles. The summed E-state index contributed by atoms with van der Waals surface area (Å²) in [4.78, 5) is 0. The van der Waals surface area contributed by atoms with Crippen LogP contribution in [0.3, 0.4) is 0 Å². The third-order valence-electron chi connectivity index (χ3n) is 3.69. The topological polar surface area (TPSA) is 35.2 Å². The first-order valence-corrected chi connectivity index (χ1v) is 7.56. The molecule has 0 heterocycles. The van der Waals surface area contributed by atoms with Crippen LogP contribution in [0.1, 0.15) is 41.7 Å². The van der Waals surface area contributed by atoms with E-state index in [0.29, 0.717) is 0 Å². The number of nitrogens with two attached hydrogens (primary N) is 1. The highest BCUT2D eigenvalue weighted by molar-refractivity contribution is 5.34. The van der Waals surface area contributed by atoms with Crippen LogP contribution in [-0.2, 0) is 0 Å². The van der Waals surface area contributed by atoms with E-state index >= 15 is 0 Å². The molecule has 0 amide bonds. The predicted octanol–water partition coefficient (Wildman–Crippen LogP) is 4.47. The number of ether oxygens (including phenoxy) is 1. The fraction of sp³-hybridized carbons (Fsp3) is 0.368. The van der Waals surface area contributed by atoms with Crippen LogP contribution in [0.2, 0.25) is 0 Å². The lowest BCUT2D eigenvalue weighted by molar-refractivity contribution is 0.171. The number of hydrogen-bond acceptors (Lipinski definition) is 2. The van der Waals surface area contributed by atoms with Gasteiger partial charge in [-0.15, -0.1) is 0 Å². The number of benzene rings is 2. The van der Waals surface area contributed by atoms with E-state index in [-0.39, 0.29) is 12.1 Å². The van der Waals surface area contributed by atoms with Crippen molar-refractivity contribution in [1.82, 2.24) is 0 Å². The molecule has 2 unspecified atom stereocenters.